The molecule has 0 atom stereocenters. The zero-order valence-corrected chi connectivity index (χ0v) is 15.5. The van der Waals surface area contributed by atoms with Crippen molar-refractivity contribution in [1.82, 2.24) is 0 Å². The van der Waals surface area contributed by atoms with E-state index < -0.39 is 0 Å². The number of furan rings is 2. The second-order valence-electron chi connectivity index (χ2n) is 4.88. The van der Waals surface area contributed by atoms with Crippen LogP contribution in [0.15, 0.2) is 60.6 Å². The van der Waals surface area contributed by atoms with Gasteiger partial charge in [-0.05, 0) is 74.3 Å². The number of hydrogen-bond donors (Lipinski definition) is 0. The first-order valence-corrected chi connectivity index (χ1v) is 8.56. The molecule has 0 aromatic carbocycles. The van der Waals surface area contributed by atoms with E-state index in [1.54, 1.807) is 0 Å². The fourth-order valence-corrected chi connectivity index (χ4v) is 2.76. The van der Waals surface area contributed by atoms with Crippen molar-refractivity contribution in [2.45, 2.75) is 0 Å². The molecule has 3 rings (SSSR count). The molecule has 0 saturated heterocycles. The summed E-state index contributed by atoms with van der Waals surface area (Å²) in [5.41, 5.74) is 2.14. The minimum absolute atomic E-state index is 0.725. The highest BCUT2D eigenvalue weighted by molar-refractivity contribution is 9.10. The molecule has 0 aliphatic rings. The monoisotopic (exact) mass is 434 g/mol. The highest BCUT2D eigenvalue weighted by atomic mass is 79.9. The van der Waals surface area contributed by atoms with Crippen LogP contribution in [0.4, 0.5) is 0 Å². The lowest BCUT2D eigenvalue weighted by Crippen LogP contribution is -2.35. The Morgan fingerprint density at radius 1 is 0.739 bits per heavy atom. The highest BCUT2D eigenvalue weighted by Crippen LogP contribution is 2.17. The summed E-state index contributed by atoms with van der Waals surface area (Å²) >= 11 is 6.60. The zero-order chi connectivity index (χ0) is 16.2. The molecule has 5 heteroatoms. The maximum Gasteiger partial charge on any atom is 0.205 e. The molecule has 0 saturated carbocycles. The van der Waals surface area contributed by atoms with Crippen molar-refractivity contribution in [2.24, 2.45) is 7.05 Å². The second-order valence-corrected chi connectivity index (χ2v) is 6.45. The predicted molar refractivity (Wildman–Crippen MR) is 98.3 cm³/mol. The molecule has 3 nitrogen and oxygen atoms in total. The van der Waals surface area contributed by atoms with Crippen molar-refractivity contribution in [3.05, 3.63) is 74.7 Å². The summed E-state index contributed by atoms with van der Waals surface area (Å²) in [7, 11) is 2.02. The number of hydrogen-bond acceptors (Lipinski definition) is 2. The van der Waals surface area contributed by atoms with Crippen LogP contribution >= 0.6 is 31.9 Å². The van der Waals surface area contributed by atoms with Gasteiger partial charge in [-0.15, -0.1) is 0 Å². The standard InChI is InChI=1S/C18H14Br2NO2/c1-21-13(5-7-15-9-11-17(19)22-15)3-2-4-14(21)6-8-16-10-12-18(20)23-16/h2-12H,1H3/q+1/b7-5+,8-6+. The molecule has 23 heavy (non-hydrogen) atoms. The summed E-state index contributed by atoms with van der Waals surface area (Å²) in [4.78, 5) is 0. The largest absolute Gasteiger partial charge is 0.450 e. The SMILES string of the molecule is C[n+]1c(/C=C/c2ccc(Br)o2)cccc1/C=C/c1ccc(Br)o1. The lowest BCUT2D eigenvalue weighted by atomic mass is 10.2. The van der Waals surface area contributed by atoms with E-state index in [1.165, 1.54) is 0 Å². The van der Waals surface area contributed by atoms with Crippen molar-refractivity contribution in [3.8, 4) is 0 Å². The van der Waals surface area contributed by atoms with Gasteiger partial charge in [-0.1, -0.05) is 0 Å². The summed E-state index contributed by atoms with van der Waals surface area (Å²) in [5.74, 6) is 1.61. The minimum Gasteiger partial charge on any atom is -0.450 e. The van der Waals surface area contributed by atoms with Crippen molar-refractivity contribution in [3.63, 3.8) is 0 Å². The Bertz CT molecular complexity index is 806. The average Bonchev–Trinajstić information content (AvgIpc) is 3.13. The Morgan fingerprint density at radius 2 is 1.22 bits per heavy atom. The molecule has 0 aliphatic heterocycles. The average molecular weight is 436 g/mol. The smallest absolute Gasteiger partial charge is 0.205 e. The molecular formula is C18H14Br2NO2+. The van der Waals surface area contributed by atoms with Crippen LogP contribution in [-0.2, 0) is 7.05 Å². The van der Waals surface area contributed by atoms with E-state index in [9.17, 15) is 0 Å². The molecule has 0 radical (unpaired) electrons. The first-order chi connectivity index (χ1) is 11.1. The van der Waals surface area contributed by atoms with Gasteiger partial charge >= 0.3 is 0 Å². The van der Waals surface area contributed by atoms with Gasteiger partial charge in [0, 0.05) is 24.3 Å². The Kier molecular flexibility index (Phi) is 4.98. The molecule has 3 heterocycles. The van der Waals surface area contributed by atoms with Gasteiger partial charge in [0.1, 0.15) is 18.6 Å². The van der Waals surface area contributed by atoms with E-state index in [0.29, 0.717) is 0 Å². The summed E-state index contributed by atoms with van der Waals surface area (Å²) in [6, 6.07) is 13.7. The van der Waals surface area contributed by atoms with Crippen LogP contribution in [0.5, 0.6) is 0 Å². The minimum atomic E-state index is 0.725. The van der Waals surface area contributed by atoms with Gasteiger partial charge in [0.25, 0.3) is 0 Å². The van der Waals surface area contributed by atoms with E-state index in [2.05, 4.69) is 48.6 Å². The first-order valence-electron chi connectivity index (χ1n) is 6.98. The summed E-state index contributed by atoms with van der Waals surface area (Å²) in [6.07, 6.45) is 7.92. The Balaban J connectivity index is 1.83. The van der Waals surface area contributed by atoms with Crippen molar-refractivity contribution in [2.75, 3.05) is 0 Å². The molecule has 116 valence electrons. The Morgan fingerprint density at radius 3 is 1.61 bits per heavy atom. The van der Waals surface area contributed by atoms with Gasteiger partial charge in [0.15, 0.2) is 9.34 Å². The number of nitrogens with zero attached hydrogens (tertiary/aromatic N) is 1. The third kappa shape index (κ3) is 4.12. The van der Waals surface area contributed by atoms with Gasteiger partial charge < -0.3 is 8.83 Å². The van der Waals surface area contributed by atoms with Gasteiger partial charge in [-0.25, -0.2) is 0 Å². The Labute approximate surface area is 151 Å². The number of rotatable bonds is 4. The molecule has 0 unspecified atom stereocenters. The third-order valence-corrected chi connectivity index (χ3v) is 4.19. The van der Waals surface area contributed by atoms with Crippen molar-refractivity contribution >= 4 is 56.2 Å². The quantitative estimate of drug-likeness (QED) is 0.502. The molecule has 0 fully saturated rings. The van der Waals surface area contributed by atoms with Crippen LogP contribution in [0, 0.1) is 0 Å². The van der Waals surface area contributed by atoms with E-state index >= 15 is 0 Å². The lowest BCUT2D eigenvalue weighted by Gasteiger charge is -1.98. The number of halogens is 2. The van der Waals surface area contributed by atoms with Gasteiger partial charge in [0.2, 0.25) is 11.4 Å². The van der Waals surface area contributed by atoms with E-state index in [0.717, 1.165) is 32.2 Å². The van der Waals surface area contributed by atoms with Crippen LogP contribution in [0.2, 0.25) is 0 Å². The molecule has 0 aliphatic carbocycles. The first kappa shape index (κ1) is 16.0. The van der Waals surface area contributed by atoms with Gasteiger partial charge in [-0.2, -0.15) is 4.57 Å². The van der Waals surface area contributed by atoms with Crippen LogP contribution < -0.4 is 4.57 Å². The third-order valence-electron chi connectivity index (χ3n) is 3.33. The van der Waals surface area contributed by atoms with Crippen LogP contribution in [0.25, 0.3) is 24.3 Å². The van der Waals surface area contributed by atoms with Gasteiger partial charge in [-0.3, -0.25) is 0 Å². The predicted octanol–water partition coefficient (Wildman–Crippen LogP) is 5.56. The normalized spacial score (nSPS) is 11.8. The summed E-state index contributed by atoms with van der Waals surface area (Å²) in [6.45, 7) is 0. The van der Waals surface area contributed by atoms with Crippen molar-refractivity contribution < 1.29 is 13.4 Å². The van der Waals surface area contributed by atoms with Gasteiger partial charge in [0.05, 0.1) is 0 Å². The fraction of sp³-hybridized carbons (Fsp3) is 0.0556. The van der Waals surface area contributed by atoms with Crippen LogP contribution in [-0.4, -0.2) is 0 Å². The van der Waals surface area contributed by atoms with E-state index in [4.69, 9.17) is 8.83 Å². The van der Waals surface area contributed by atoms with Crippen LogP contribution in [0.1, 0.15) is 22.9 Å². The van der Waals surface area contributed by atoms with E-state index in [-0.39, 0.29) is 0 Å². The molecule has 0 spiro atoms. The molecular weight excluding hydrogens is 422 g/mol. The number of aromatic nitrogens is 1. The summed E-state index contributed by atoms with van der Waals surface area (Å²) < 4.78 is 14.5. The highest BCUT2D eigenvalue weighted by Gasteiger charge is 2.08. The van der Waals surface area contributed by atoms with Crippen molar-refractivity contribution in [1.29, 1.82) is 0 Å². The second kappa shape index (κ2) is 7.15. The van der Waals surface area contributed by atoms with Crippen LogP contribution in [0.3, 0.4) is 0 Å². The topological polar surface area (TPSA) is 30.2 Å². The maximum atomic E-state index is 5.47. The molecule has 0 bridgehead atoms. The van der Waals surface area contributed by atoms with E-state index in [1.807, 2.05) is 61.7 Å². The summed E-state index contributed by atoms with van der Waals surface area (Å²) in [5, 5.41) is 0. The maximum absolute atomic E-state index is 5.47. The molecule has 0 amide bonds. The number of pyridine rings is 1. The lowest BCUT2D eigenvalue weighted by molar-refractivity contribution is -0.675. The molecule has 3 aromatic rings. The molecule has 0 N–H and O–H groups in total. The molecule has 3 aromatic heterocycles. The zero-order valence-electron chi connectivity index (χ0n) is 12.4. The fourth-order valence-electron chi connectivity index (χ4n) is 2.12. The Hall–Kier alpha value is -1.85.